The maximum absolute atomic E-state index is 13.5. The molecule has 0 aliphatic carbocycles. The Morgan fingerprint density at radius 3 is 2.55 bits per heavy atom. The minimum Gasteiger partial charge on any atom is -0.495 e. The van der Waals surface area contributed by atoms with Crippen LogP contribution in [0.15, 0.2) is 47.4 Å². The number of halogens is 1. The van der Waals surface area contributed by atoms with E-state index in [1.54, 1.807) is 18.2 Å². The van der Waals surface area contributed by atoms with Crippen LogP contribution in [0.2, 0.25) is 0 Å². The first-order valence-electron chi connectivity index (χ1n) is 10.3. The molecular formula is C22H27FN2O5S. The van der Waals surface area contributed by atoms with Gasteiger partial charge in [-0.1, -0.05) is 18.6 Å². The van der Waals surface area contributed by atoms with Crippen LogP contribution in [0.1, 0.15) is 32.1 Å². The minimum atomic E-state index is -3.72. The predicted octanol–water partition coefficient (Wildman–Crippen LogP) is 3.81. The van der Waals surface area contributed by atoms with Gasteiger partial charge in [0.25, 0.3) is 0 Å². The molecule has 1 aliphatic heterocycles. The first kappa shape index (κ1) is 23.0. The quantitative estimate of drug-likeness (QED) is 0.588. The van der Waals surface area contributed by atoms with Gasteiger partial charge in [0.1, 0.15) is 10.6 Å². The monoisotopic (exact) mass is 450 g/mol. The van der Waals surface area contributed by atoms with Gasteiger partial charge in [-0.15, -0.1) is 0 Å². The molecule has 0 aromatic heterocycles. The summed E-state index contributed by atoms with van der Waals surface area (Å²) >= 11 is 0. The summed E-state index contributed by atoms with van der Waals surface area (Å²) in [6.07, 6.45) is 3.20. The number of benzene rings is 2. The van der Waals surface area contributed by atoms with E-state index < -0.39 is 15.8 Å². The van der Waals surface area contributed by atoms with Gasteiger partial charge in [0.2, 0.25) is 15.9 Å². The Hall–Kier alpha value is -2.65. The molecule has 31 heavy (non-hydrogen) atoms. The molecule has 1 saturated heterocycles. The number of carbonyl (C=O) groups is 1. The zero-order chi connectivity index (χ0) is 22.3. The molecule has 1 N–H and O–H groups in total. The molecule has 1 amide bonds. The van der Waals surface area contributed by atoms with Gasteiger partial charge in [-0.05, 0) is 49.6 Å². The largest absolute Gasteiger partial charge is 0.495 e. The van der Waals surface area contributed by atoms with E-state index in [0.717, 1.165) is 19.3 Å². The molecule has 3 rings (SSSR count). The van der Waals surface area contributed by atoms with Crippen LogP contribution >= 0.6 is 0 Å². The van der Waals surface area contributed by atoms with Crippen LogP contribution in [0.4, 0.5) is 10.1 Å². The molecule has 0 radical (unpaired) electrons. The van der Waals surface area contributed by atoms with Crippen LogP contribution in [0.25, 0.3) is 0 Å². The van der Waals surface area contributed by atoms with E-state index >= 15 is 0 Å². The Morgan fingerprint density at radius 2 is 1.84 bits per heavy atom. The fourth-order valence-corrected chi connectivity index (χ4v) is 5.10. The molecule has 0 spiro atoms. The molecular weight excluding hydrogens is 423 g/mol. The van der Waals surface area contributed by atoms with Crippen molar-refractivity contribution < 1.29 is 27.1 Å². The number of para-hydroxylation sites is 1. The number of methoxy groups -OCH3 is 1. The van der Waals surface area contributed by atoms with Crippen LogP contribution in [-0.2, 0) is 14.8 Å². The molecule has 1 aliphatic rings. The zero-order valence-electron chi connectivity index (χ0n) is 17.5. The van der Waals surface area contributed by atoms with Crippen LogP contribution in [0.3, 0.4) is 0 Å². The Balaban J connectivity index is 1.60. The van der Waals surface area contributed by atoms with E-state index in [9.17, 15) is 17.6 Å². The van der Waals surface area contributed by atoms with Crippen LogP contribution < -0.4 is 14.8 Å². The third kappa shape index (κ3) is 5.95. The Bertz CT molecular complexity index is 1010. The van der Waals surface area contributed by atoms with Gasteiger partial charge >= 0.3 is 0 Å². The first-order chi connectivity index (χ1) is 14.9. The molecule has 1 fully saturated rings. The number of ether oxygens (including phenoxy) is 2. The second-order valence-corrected chi connectivity index (χ2v) is 9.17. The first-order valence-corrected chi connectivity index (χ1v) is 11.7. The summed E-state index contributed by atoms with van der Waals surface area (Å²) in [5.74, 6) is -0.358. The average Bonchev–Trinajstić information content (AvgIpc) is 2.78. The summed E-state index contributed by atoms with van der Waals surface area (Å²) in [5, 5.41) is 2.71. The third-order valence-electron chi connectivity index (χ3n) is 5.02. The number of hydrogen-bond donors (Lipinski definition) is 1. The van der Waals surface area contributed by atoms with Gasteiger partial charge in [0.05, 0.1) is 13.7 Å². The number of nitrogens with one attached hydrogen (secondary N) is 1. The van der Waals surface area contributed by atoms with Crippen LogP contribution in [-0.4, -0.2) is 45.4 Å². The number of piperidine rings is 1. The summed E-state index contributed by atoms with van der Waals surface area (Å²) in [6, 6.07) is 10.6. The van der Waals surface area contributed by atoms with Crippen molar-refractivity contribution in [2.45, 2.75) is 37.0 Å². The number of hydrogen-bond acceptors (Lipinski definition) is 5. The smallest absolute Gasteiger partial charge is 0.246 e. The molecule has 168 valence electrons. The molecule has 0 atom stereocenters. The van der Waals surface area contributed by atoms with Crippen LogP contribution in [0, 0.1) is 5.82 Å². The van der Waals surface area contributed by atoms with E-state index in [2.05, 4.69) is 5.32 Å². The van der Waals surface area contributed by atoms with E-state index in [1.807, 2.05) is 0 Å². The van der Waals surface area contributed by atoms with Gasteiger partial charge < -0.3 is 14.8 Å². The van der Waals surface area contributed by atoms with Gasteiger partial charge in [-0.3, -0.25) is 4.79 Å². The SMILES string of the molecule is COc1ccc(NC(=O)CCCOc2ccccc2F)cc1S(=O)(=O)N1CCCCC1. The summed E-state index contributed by atoms with van der Waals surface area (Å²) < 4.78 is 51.7. The summed E-state index contributed by atoms with van der Waals surface area (Å²) in [6.45, 7) is 1.14. The summed E-state index contributed by atoms with van der Waals surface area (Å²) in [5.41, 5.74) is 0.372. The molecule has 1 heterocycles. The van der Waals surface area contributed by atoms with Crippen molar-refractivity contribution in [2.24, 2.45) is 0 Å². The minimum absolute atomic E-state index is 0.0394. The Labute approximate surface area is 182 Å². The van der Waals surface area contributed by atoms with Crippen molar-refractivity contribution in [3.8, 4) is 11.5 Å². The van der Waals surface area contributed by atoms with Gasteiger partial charge in [0, 0.05) is 25.2 Å². The van der Waals surface area contributed by atoms with Crippen molar-refractivity contribution in [3.05, 3.63) is 48.3 Å². The lowest BCUT2D eigenvalue weighted by Crippen LogP contribution is -2.35. The van der Waals surface area contributed by atoms with Crippen molar-refractivity contribution in [3.63, 3.8) is 0 Å². The zero-order valence-corrected chi connectivity index (χ0v) is 18.3. The molecule has 0 bridgehead atoms. The second-order valence-electron chi connectivity index (χ2n) is 7.26. The Kier molecular flexibility index (Phi) is 7.86. The Morgan fingerprint density at radius 1 is 1.10 bits per heavy atom. The molecule has 0 saturated carbocycles. The van der Waals surface area contributed by atoms with Crippen molar-refractivity contribution in [2.75, 3.05) is 32.1 Å². The van der Waals surface area contributed by atoms with Crippen molar-refractivity contribution in [1.29, 1.82) is 0 Å². The van der Waals surface area contributed by atoms with Gasteiger partial charge in [-0.25, -0.2) is 12.8 Å². The number of nitrogens with zero attached hydrogens (tertiary/aromatic N) is 1. The molecule has 0 unspecified atom stereocenters. The highest BCUT2D eigenvalue weighted by Crippen LogP contribution is 2.31. The number of sulfonamides is 1. The van der Waals surface area contributed by atoms with Crippen molar-refractivity contribution in [1.82, 2.24) is 4.31 Å². The third-order valence-corrected chi connectivity index (χ3v) is 6.94. The van der Waals surface area contributed by atoms with E-state index in [4.69, 9.17) is 9.47 Å². The van der Waals surface area contributed by atoms with E-state index in [-0.39, 0.29) is 35.3 Å². The topological polar surface area (TPSA) is 84.9 Å². The number of carbonyl (C=O) groups excluding carboxylic acids is 1. The maximum atomic E-state index is 13.5. The number of anilines is 1. The molecule has 2 aromatic carbocycles. The molecule has 7 nitrogen and oxygen atoms in total. The standard InChI is InChI=1S/C22H27FN2O5S/c1-29-20-12-11-17(16-21(20)31(27,28)25-13-5-2-6-14-25)24-22(26)10-7-15-30-19-9-4-3-8-18(19)23/h3-4,8-9,11-12,16H,2,5-7,10,13-15H2,1H3,(H,24,26). The van der Waals surface area contributed by atoms with Crippen LogP contribution in [0.5, 0.6) is 11.5 Å². The van der Waals surface area contributed by atoms with E-state index in [0.29, 0.717) is 25.2 Å². The number of amides is 1. The fraction of sp³-hybridized carbons (Fsp3) is 0.409. The van der Waals surface area contributed by atoms with Crippen molar-refractivity contribution >= 4 is 21.6 Å². The lowest BCUT2D eigenvalue weighted by atomic mass is 10.2. The highest BCUT2D eigenvalue weighted by atomic mass is 32.2. The van der Waals surface area contributed by atoms with E-state index in [1.165, 1.54) is 35.7 Å². The summed E-state index contributed by atoms with van der Waals surface area (Å²) in [7, 11) is -2.30. The lowest BCUT2D eigenvalue weighted by molar-refractivity contribution is -0.116. The van der Waals surface area contributed by atoms with Gasteiger partial charge in [0.15, 0.2) is 11.6 Å². The second kappa shape index (κ2) is 10.6. The number of rotatable bonds is 9. The average molecular weight is 451 g/mol. The maximum Gasteiger partial charge on any atom is 0.246 e. The van der Waals surface area contributed by atoms with Gasteiger partial charge in [-0.2, -0.15) is 4.31 Å². The summed E-state index contributed by atoms with van der Waals surface area (Å²) in [4.78, 5) is 12.3. The highest BCUT2D eigenvalue weighted by molar-refractivity contribution is 7.89. The molecule has 9 heteroatoms. The lowest BCUT2D eigenvalue weighted by Gasteiger charge is -2.26. The highest BCUT2D eigenvalue weighted by Gasteiger charge is 2.29. The predicted molar refractivity (Wildman–Crippen MR) is 115 cm³/mol. The normalized spacial score (nSPS) is 14.8. The molecule has 2 aromatic rings. The fourth-order valence-electron chi connectivity index (χ4n) is 3.40.